The Bertz CT molecular complexity index is 698. The summed E-state index contributed by atoms with van der Waals surface area (Å²) in [6.07, 6.45) is 0. The number of urea groups is 1. The minimum atomic E-state index is -0.0880. The lowest BCUT2D eigenvalue weighted by Gasteiger charge is -2.36. The van der Waals surface area contributed by atoms with Gasteiger partial charge >= 0.3 is 6.03 Å². The molecule has 1 saturated heterocycles. The SMILES string of the molecule is COc1ccccc1NC(=O)N1CCN(c2ccc(Br)cc2)CC1. The van der Waals surface area contributed by atoms with Crippen molar-refractivity contribution in [2.24, 2.45) is 0 Å². The van der Waals surface area contributed by atoms with Gasteiger partial charge in [-0.25, -0.2) is 4.79 Å². The van der Waals surface area contributed by atoms with Crippen LogP contribution < -0.4 is 15.0 Å². The lowest BCUT2D eigenvalue weighted by atomic mass is 10.2. The second kappa shape index (κ2) is 7.57. The number of hydrogen-bond acceptors (Lipinski definition) is 3. The van der Waals surface area contributed by atoms with E-state index in [2.05, 4.69) is 38.3 Å². The highest BCUT2D eigenvalue weighted by atomic mass is 79.9. The lowest BCUT2D eigenvalue weighted by Crippen LogP contribution is -2.50. The number of carbonyl (C=O) groups excluding carboxylic acids is 1. The first-order valence-corrected chi connectivity index (χ1v) is 8.66. The molecule has 126 valence electrons. The average Bonchev–Trinajstić information content (AvgIpc) is 2.63. The number of piperazine rings is 1. The number of rotatable bonds is 3. The van der Waals surface area contributed by atoms with Gasteiger partial charge in [-0.05, 0) is 36.4 Å². The second-order valence-corrected chi connectivity index (χ2v) is 6.50. The molecule has 0 atom stereocenters. The summed E-state index contributed by atoms with van der Waals surface area (Å²) >= 11 is 3.45. The van der Waals surface area contributed by atoms with Gasteiger partial charge in [0.1, 0.15) is 5.75 Å². The first-order chi connectivity index (χ1) is 11.7. The number of hydrogen-bond donors (Lipinski definition) is 1. The molecule has 2 aromatic carbocycles. The summed E-state index contributed by atoms with van der Waals surface area (Å²) in [7, 11) is 1.60. The van der Waals surface area contributed by atoms with E-state index in [0.717, 1.165) is 17.6 Å². The van der Waals surface area contributed by atoms with Crippen LogP contribution in [0.25, 0.3) is 0 Å². The molecule has 2 aromatic rings. The van der Waals surface area contributed by atoms with Crippen LogP contribution in [0.5, 0.6) is 5.75 Å². The smallest absolute Gasteiger partial charge is 0.322 e. The molecular weight excluding hydrogens is 370 g/mol. The number of amides is 2. The Kier molecular flexibility index (Phi) is 5.25. The van der Waals surface area contributed by atoms with Gasteiger partial charge in [0, 0.05) is 36.3 Å². The van der Waals surface area contributed by atoms with Crippen molar-refractivity contribution < 1.29 is 9.53 Å². The molecule has 2 amide bonds. The lowest BCUT2D eigenvalue weighted by molar-refractivity contribution is 0.208. The van der Waals surface area contributed by atoms with E-state index >= 15 is 0 Å². The predicted molar refractivity (Wildman–Crippen MR) is 99.9 cm³/mol. The fourth-order valence-electron chi connectivity index (χ4n) is 2.76. The molecule has 24 heavy (non-hydrogen) atoms. The maximum Gasteiger partial charge on any atom is 0.322 e. The van der Waals surface area contributed by atoms with Crippen LogP contribution in [-0.4, -0.2) is 44.2 Å². The zero-order valence-electron chi connectivity index (χ0n) is 13.5. The maximum absolute atomic E-state index is 12.5. The van der Waals surface area contributed by atoms with Crippen LogP contribution >= 0.6 is 15.9 Å². The fraction of sp³-hybridized carbons (Fsp3) is 0.278. The van der Waals surface area contributed by atoms with E-state index in [4.69, 9.17) is 4.74 Å². The van der Waals surface area contributed by atoms with Crippen LogP contribution in [0.2, 0.25) is 0 Å². The summed E-state index contributed by atoms with van der Waals surface area (Å²) in [5, 5.41) is 2.93. The van der Waals surface area contributed by atoms with Gasteiger partial charge < -0.3 is 19.9 Å². The molecule has 0 aromatic heterocycles. The van der Waals surface area contributed by atoms with Gasteiger partial charge in [0.2, 0.25) is 0 Å². The summed E-state index contributed by atoms with van der Waals surface area (Å²) in [5.74, 6) is 0.666. The average molecular weight is 390 g/mol. The highest BCUT2D eigenvalue weighted by Gasteiger charge is 2.22. The minimum absolute atomic E-state index is 0.0880. The number of methoxy groups -OCH3 is 1. The second-order valence-electron chi connectivity index (χ2n) is 5.58. The molecule has 0 bridgehead atoms. The standard InChI is InChI=1S/C18H20BrN3O2/c1-24-17-5-3-2-4-16(17)20-18(23)22-12-10-21(11-13-22)15-8-6-14(19)7-9-15/h2-9H,10-13H2,1H3,(H,20,23). The van der Waals surface area contributed by atoms with Crippen LogP contribution in [-0.2, 0) is 0 Å². The number of ether oxygens (including phenoxy) is 1. The molecule has 3 rings (SSSR count). The topological polar surface area (TPSA) is 44.8 Å². The van der Waals surface area contributed by atoms with Gasteiger partial charge in [-0.15, -0.1) is 0 Å². The highest BCUT2D eigenvalue weighted by Crippen LogP contribution is 2.24. The Labute approximate surface area is 150 Å². The molecule has 0 aliphatic carbocycles. The van der Waals surface area contributed by atoms with Gasteiger partial charge in [0.15, 0.2) is 0 Å². The molecule has 1 heterocycles. The number of nitrogens with zero attached hydrogens (tertiary/aromatic N) is 2. The number of nitrogens with one attached hydrogen (secondary N) is 1. The molecule has 0 saturated carbocycles. The Morgan fingerprint density at radius 2 is 1.71 bits per heavy atom. The van der Waals surface area contributed by atoms with E-state index in [9.17, 15) is 4.79 Å². The van der Waals surface area contributed by atoms with Gasteiger partial charge in [0.25, 0.3) is 0 Å². The van der Waals surface area contributed by atoms with Crippen LogP contribution in [0.15, 0.2) is 53.0 Å². The molecule has 0 spiro atoms. The minimum Gasteiger partial charge on any atom is -0.495 e. The first-order valence-electron chi connectivity index (χ1n) is 7.87. The van der Waals surface area contributed by atoms with Crippen molar-refractivity contribution in [2.45, 2.75) is 0 Å². The van der Waals surface area contributed by atoms with E-state index in [1.54, 1.807) is 7.11 Å². The Morgan fingerprint density at radius 3 is 2.38 bits per heavy atom. The Balaban J connectivity index is 1.58. The quantitative estimate of drug-likeness (QED) is 0.867. The van der Waals surface area contributed by atoms with E-state index < -0.39 is 0 Å². The predicted octanol–water partition coefficient (Wildman–Crippen LogP) is 3.81. The van der Waals surface area contributed by atoms with Crippen LogP contribution in [0.3, 0.4) is 0 Å². The molecular formula is C18H20BrN3O2. The monoisotopic (exact) mass is 389 g/mol. The van der Waals surface area contributed by atoms with Crippen LogP contribution in [0.1, 0.15) is 0 Å². The van der Waals surface area contributed by atoms with Crippen molar-refractivity contribution in [3.05, 3.63) is 53.0 Å². The van der Waals surface area contributed by atoms with Gasteiger partial charge in [-0.2, -0.15) is 0 Å². The van der Waals surface area contributed by atoms with Crippen molar-refractivity contribution in [1.82, 2.24) is 4.90 Å². The van der Waals surface area contributed by atoms with Crippen molar-refractivity contribution in [3.8, 4) is 5.75 Å². The van der Waals surface area contributed by atoms with Gasteiger partial charge in [-0.1, -0.05) is 28.1 Å². The van der Waals surface area contributed by atoms with E-state index in [1.807, 2.05) is 41.3 Å². The molecule has 1 aliphatic heterocycles. The number of benzene rings is 2. The first kappa shape index (κ1) is 16.6. The van der Waals surface area contributed by atoms with Crippen LogP contribution in [0.4, 0.5) is 16.2 Å². The van der Waals surface area contributed by atoms with Crippen molar-refractivity contribution >= 4 is 33.3 Å². The Morgan fingerprint density at radius 1 is 1.04 bits per heavy atom. The Hall–Kier alpha value is -2.21. The van der Waals surface area contributed by atoms with E-state index in [0.29, 0.717) is 24.5 Å². The molecule has 0 unspecified atom stereocenters. The van der Waals surface area contributed by atoms with Gasteiger partial charge in [0.05, 0.1) is 12.8 Å². The maximum atomic E-state index is 12.5. The van der Waals surface area contributed by atoms with Crippen molar-refractivity contribution in [3.63, 3.8) is 0 Å². The number of para-hydroxylation sites is 2. The largest absolute Gasteiger partial charge is 0.495 e. The zero-order chi connectivity index (χ0) is 16.9. The molecule has 5 nitrogen and oxygen atoms in total. The molecule has 6 heteroatoms. The van der Waals surface area contributed by atoms with Crippen LogP contribution in [0, 0.1) is 0 Å². The number of halogens is 1. The highest BCUT2D eigenvalue weighted by molar-refractivity contribution is 9.10. The zero-order valence-corrected chi connectivity index (χ0v) is 15.1. The molecule has 1 aliphatic rings. The van der Waals surface area contributed by atoms with E-state index in [-0.39, 0.29) is 6.03 Å². The molecule has 0 radical (unpaired) electrons. The third-order valence-electron chi connectivity index (χ3n) is 4.11. The number of anilines is 2. The summed E-state index contributed by atoms with van der Waals surface area (Å²) in [6, 6.07) is 15.6. The molecule has 1 fully saturated rings. The van der Waals surface area contributed by atoms with Crippen molar-refractivity contribution in [1.29, 1.82) is 0 Å². The third-order valence-corrected chi connectivity index (χ3v) is 4.64. The molecule has 1 N–H and O–H groups in total. The summed E-state index contributed by atoms with van der Waals surface area (Å²) in [4.78, 5) is 16.6. The summed E-state index contributed by atoms with van der Waals surface area (Å²) < 4.78 is 6.34. The normalized spacial score (nSPS) is 14.4. The summed E-state index contributed by atoms with van der Waals surface area (Å²) in [6.45, 7) is 3.02. The van der Waals surface area contributed by atoms with Gasteiger partial charge in [-0.3, -0.25) is 0 Å². The van der Waals surface area contributed by atoms with E-state index in [1.165, 1.54) is 5.69 Å². The summed E-state index contributed by atoms with van der Waals surface area (Å²) in [5.41, 5.74) is 1.88. The third kappa shape index (κ3) is 3.82. The number of carbonyl (C=O) groups is 1. The van der Waals surface area contributed by atoms with Crippen molar-refractivity contribution in [2.75, 3.05) is 43.5 Å². The fourth-order valence-corrected chi connectivity index (χ4v) is 3.03.